The number of nitrogens with zero attached hydrogens (tertiary/aromatic N) is 1. The lowest BCUT2D eigenvalue weighted by atomic mass is 10.1. The van der Waals surface area contributed by atoms with E-state index in [4.69, 9.17) is 4.74 Å². The first-order valence-electron chi connectivity index (χ1n) is 11.3. The van der Waals surface area contributed by atoms with E-state index in [1.807, 2.05) is 73.3 Å². The Bertz CT molecular complexity index is 939. The highest BCUT2D eigenvalue weighted by atomic mass is 16.5. The van der Waals surface area contributed by atoms with Gasteiger partial charge in [-0.3, -0.25) is 9.59 Å². The SMILES string of the molecule is CC(C)Oc1ccc(/C=C(\NC(=O)/C=C/c2ccccc2)C(=O)N2CCCCCC2)cc1. The molecule has 5 nitrogen and oxygen atoms in total. The first-order chi connectivity index (χ1) is 15.5. The van der Waals surface area contributed by atoms with Crippen LogP contribution in [0.3, 0.4) is 0 Å². The number of nitrogens with one attached hydrogen (secondary N) is 1. The number of carbonyl (C=O) groups is 2. The number of rotatable bonds is 7. The minimum absolute atomic E-state index is 0.0901. The number of carbonyl (C=O) groups excluding carboxylic acids is 2. The predicted molar refractivity (Wildman–Crippen MR) is 129 cm³/mol. The van der Waals surface area contributed by atoms with Crippen molar-refractivity contribution in [1.29, 1.82) is 0 Å². The third-order valence-corrected chi connectivity index (χ3v) is 5.17. The molecule has 0 saturated carbocycles. The van der Waals surface area contributed by atoms with Crippen molar-refractivity contribution in [3.05, 3.63) is 77.5 Å². The number of likely N-dealkylation sites (tertiary alicyclic amines) is 1. The Balaban J connectivity index is 1.79. The second-order valence-corrected chi connectivity index (χ2v) is 8.23. The molecular weight excluding hydrogens is 400 g/mol. The molecule has 1 heterocycles. The summed E-state index contributed by atoms with van der Waals surface area (Å²) >= 11 is 0. The summed E-state index contributed by atoms with van der Waals surface area (Å²) in [5.41, 5.74) is 2.03. The lowest BCUT2D eigenvalue weighted by Crippen LogP contribution is -2.38. The Morgan fingerprint density at radius 2 is 1.56 bits per heavy atom. The molecule has 1 aliphatic heterocycles. The van der Waals surface area contributed by atoms with Gasteiger partial charge in [-0.15, -0.1) is 0 Å². The lowest BCUT2D eigenvalue weighted by molar-refractivity contribution is -0.128. The van der Waals surface area contributed by atoms with E-state index in [0.29, 0.717) is 13.1 Å². The lowest BCUT2D eigenvalue weighted by Gasteiger charge is -2.22. The average Bonchev–Trinajstić information content (AvgIpc) is 3.08. The summed E-state index contributed by atoms with van der Waals surface area (Å²) in [6, 6.07) is 17.1. The van der Waals surface area contributed by atoms with Crippen molar-refractivity contribution in [3.63, 3.8) is 0 Å². The molecule has 2 amide bonds. The molecule has 0 atom stereocenters. The van der Waals surface area contributed by atoms with E-state index in [2.05, 4.69) is 5.32 Å². The number of hydrogen-bond donors (Lipinski definition) is 1. The first-order valence-corrected chi connectivity index (χ1v) is 11.3. The summed E-state index contributed by atoms with van der Waals surface area (Å²) in [7, 11) is 0. The average molecular weight is 433 g/mol. The van der Waals surface area contributed by atoms with Gasteiger partial charge in [-0.05, 0) is 62.1 Å². The van der Waals surface area contributed by atoms with Gasteiger partial charge in [0.25, 0.3) is 5.91 Å². The van der Waals surface area contributed by atoms with Crippen LogP contribution in [0.4, 0.5) is 0 Å². The Labute approximate surface area is 190 Å². The fourth-order valence-corrected chi connectivity index (χ4v) is 3.59. The summed E-state index contributed by atoms with van der Waals surface area (Å²) in [5.74, 6) is 0.297. The number of hydrogen-bond acceptors (Lipinski definition) is 3. The van der Waals surface area contributed by atoms with E-state index in [1.54, 1.807) is 12.2 Å². The molecule has 1 N–H and O–H groups in total. The van der Waals surface area contributed by atoms with Crippen molar-refractivity contribution in [1.82, 2.24) is 10.2 Å². The van der Waals surface area contributed by atoms with Gasteiger partial charge in [0.2, 0.25) is 5.91 Å². The summed E-state index contributed by atoms with van der Waals surface area (Å²) in [6.07, 6.45) is 9.26. The topological polar surface area (TPSA) is 58.6 Å². The van der Waals surface area contributed by atoms with Gasteiger partial charge in [-0.1, -0.05) is 55.3 Å². The Kier molecular flexibility index (Phi) is 8.67. The fraction of sp³-hybridized carbons (Fsp3) is 0.333. The van der Waals surface area contributed by atoms with Crippen LogP contribution in [0.5, 0.6) is 5.75 Å². The molecule has 5 heteroatoms. The zero-order chi connectivity index (χ0) is 22.8. The van der Waals surface area contributed by atoms with Crippen LogP contribution in [0.1, 0.15) is 50.7 Å². The molecule has 2 aromatic rings. The standard InChI is InChI=1S/C27H32N2O3/c1-21(2)32-24-15-12-23(13-16-24)20-25(27(31)29-18-8-3-4-9-19-29)28-26(30)17-14-22-10-6-5-7-11-22/h5-7,10-17,20-21H,3-4,8-9,18-19H2,1-2H3,(H,28,30)/b17-14+,25-20-. The van der Waals surface area contributed by atoms with Crippen LogP contribution >= 0.6 is 0 Å². The molecule has 1 fully saturated rings. The summed E-state index contributed by atoms with van der Waals surface area (Å²) in [6.45, 7) is 5.38. The van der Waals surface area contributed by atoms with Gasteiger partial charge in [0.1, 0.15) is 11.4 Å². The van der Waals surface area contributed by atoms with Gasteiger partial charge in [0.15, 0.2) is 0 Å². The van der Waals surface area contributed by atoms with Crippen LogP contribution in [-0.4, -0.2) is 35.9 Å². The van der Waals surface area contributed by atoms with E-state index in [0.717, 1.165) is 42.6 Å². The van der Waals surface area contributed by atoms with Gasteiger partial charge in [0, 0.05) is 19.2 Å². The van der Waals surface area contributed by atoms with Crippen molar-refractivity contribution >= 4 is 24.0 Å². The van der Waals surface area contributed by atoms with E-state index in [1.165, 1.54) is 6.08 Å². The minimum atomic E-state index is -0.331. The van der Waals surface area contributed by atoms with Crippen LogP contribution in [0.15, 0.2) is 66.4 Å². The van der Waals surface area contributed by atoms with E-state index >= 15 is 0 Å². The molecule has 1 saturated heterocycles. The highest BCUT2D eigenvalue weighted by Crippen LogP contribution is 2.17. The highest BCUT2D eigenvalue weighted by molar-refractivity contribution is 6.04. The molecule has 0 unspecified atom stereocenters. The van der Waals surface area contributed by atoms with Gasteiger partial charge in [-0.2, -0.15) is 0 Å². The maximum atomic E-state index is 13.3. The first kappa shape index (κ1) is 23.3. The minimum Gasteiger partial charge on any atom is -0.491 e. The molecule has 0 bridgehead atoms. The van der Waals surface area contributed by atoms with Crippen LogP contribution < -0.4 is 10.1 Å². The van der Waals surface area contributed by atoms with E-state index in [-0.39, 0.29) is 23.6 Å². The van der Waals surface area contributed by atoms with Crippen molar-refractivity contribution in [2.45, 2.75) is 45.6 Å². The summed E-state index contributed by atoms with van der Waals surface area (Å²) in [4.78, 5) is 27.7. The molecule has 0 spiro atoms. The largest absolute Gasteiger partial charge is 0.491 e. The maximum Gasteiger partial charge on any atom is 0.270 e. The second-order valence-electron chi connectivity index (χ2n) is 8.23. The Hall–Kier alpha value is -3.34. The molecular formula is C27H32N2O3. The molecule has 0 radical (unpaired) electrons. The van der Waals surface area contributed by atoms with E-state index in [9.17, 15) is 9.59 Å². The number of benzene rings is 2. The Morgan fingerprint density at radius 3 is 2.19 bits per heavy atom. The monoisotopic (exact) mass is 432 g/mol. The normalized spacial score (nSPS) is 15.0. The maximum absolute atomic E-state index is 13.3. The van der Waals surface area contributed by atoms with Crippen LogP contribution in [0.2, 0.25) is 0 Å². The molecule has 168 valence electrons. The second kappa shape index (κ2) is 11.9. The summed E-state index contributed by atoms with van der Waals surface area (Å²) in [5, 5.41) is 2.81. The van der Waals surface area contributed by atoms with Crippen molar-refractivity contribution < 1.29 is 14.3 Å². The van der Waals surface area contributed by atoms with Crippen LogP contribution in [-0.2, 0) is 9.59 Å². The fourth-order valence-electron chi connectivity index (χ4n) is 3.59. The van der Waals surface area contributed by atoms with Gasteiger partial charge < -0.3 is 15.0 Å². The molecule has 0 aliphatic carbocycles. The van der Waals surface area contributed by atoms with Crippen LogP contribution in [0, 0.1) is 0 Å². The number of ether oxygens (including phenoxy) is 1. The summed E-state index contributed by atoms with van der Waals surface area (Å²) < 4.78 is 5.69. The van der Waals surface area contributed by atoms with Crippen LogP contribution in [0.25, 0.3) is 12.2 Å². The zero-order valence-corrected chi connectivity index (χ0v) is 18.9. The third kappa shape index (κ3) is 7.41. The van der Waals surface area contributed by atoms with E-state index < -0.39 is 0 Å². The van der Waals surface area contributed by atoms with Gasteiger partial charge in [-0.25, -0.2) is 0 Å². The molecule has 1 aliphatic rings. The quantitative estimate of drug-likeness (QED) is 0.623. The van der Waals surface area contributed by atoms with Crippen molar-refractivity contribution in [2.24, 2.45) is 0 Å². The smallest absolute Gasteiger partial charge is 0.270 e. The zero-order valence-electron chi connectivity index (χ0n) is 18.9. The highest BCUT2D eigenvalue weighted by Gasteiger charge is 2.20. The molecule has 32 heavy (non-hydrogen) atoms. The van der Waals surface area contributed by atoms with Crippen molar-refractivity contribution in [3.8, 4) is 5.75 Å². The molecule has 0 aromatic heterocycles. The Morgan fingerprint density at radius 1 is 0.906 bits per heavy atom. The van der Waals surface area contributed by atoms with Gasteiger partial charge >= 0.3 is 0 Å². The number of amides is 2. The van der Waals surface area contributed by atoms with Gasteiger partial charge in [0.05, 0.1) is 6.10 Å². The van der Waals surface area contributed by atoms with Crippen molar-refractivity contribution in [2.75, 3.05) is 13.1 Å². The predicted octanol–water partition coefficient (Wildman–Crippen LogP) is 5.05. The molecule has 3 rings (SSSR count). The molecule has 2 aromatic carbocycles. The third-order valence-electron chi connectivity index (χ3n) is 5.17.